The van der Waals surface area contributed by atoms with Crippen molar-refractivity contribution in [2.75, 3.05) is 0 Å². The molecule has 0 spiro atoms. The van der Waals surface area contributed by atoms with Gasteiger partial charge in [-0.25, -0.2) is 4.39 Å². The Labute approximate surface area is 165 Å². The molecule has 142 valence electrons. The van der Waals surface area contributed by atoms with Crippen LogP contribution in [0.3, 0.4) is 0 Å². The number of unbranched alkanes of at least 4 members (excludes halogenated alkanes) is 3. The molecule has 1 aliphatic rings. The molecule has 0 fully saturated rings. The van der Waals surface area contributed by atoms with Gasteiger partial charge in [0.15, 0.2) is 0 Å². The van der Waals surface area contributed by atoms with Crippen molar-refractivity contribution in [3.05, 3.63) is 58.5 Å². The van der Waals surface area contributed by atoms with Gasteiger partial charge in [0.1, 0.15) is 5.82 Å². The summed E-state index contributed by atoms with van der Waals surface area (Å²) in [5, 5.41) is 5.36. The van der Waals surface area contributed by atoms with Crippen LogP contribution in [-0.2, 0) is 13.0 Å². The molecule has 0 bridgehead atoms. The summed E-state index contributed by atoms with van der Waals surface area (Å²) >= 11 is 6.19. The maximum absolute atomic E-state index is 14.6. The Hall–Kier alpha value is -1.84. The Morgan fingerprint density at radius 1 is 1.15 bits per heavy atom. The number of hydrogen-bond donors (Lipinski definition) is 2. The third kappa shape index (κ3) is 3.76. The molecule has 3 aromatic rings. The van der Waals surface area contributed by atoms with Crippen LogP contribution in [0.15, 0.2) is 36.4 Å². The Kier molecular flexibility index (Phi) is 5.51. The maximum atomic E-state index is 14.6. The van der Waals surface area contributed by atoms with Gasteiger partial charge in [-0.1, -0.05) is 62.4 Å². The van der Waals surface area contributed by atoms with Crippen LogP contribution in [0.4, 0.5) is 4.39 Å². The molecule has 2 heterocycles. The van der Waals surface area contributed by atoms with Crippen LogP contribution in [0, 0.1) is 5.82 Å². The predicted molar refractivity (Wildman–Crippen MR) is 112 cm³/mol. The quantitative estimate of drug-likeness (QED) is 0.459. The molecule has 1 aliphatic heterocycles. The number of halogens is 2. The number of nitrogens with one attached hydrogen (secondary N) is 2. The fourth-order valence-corrected chi connectivity index (χ4v) is 4.43. The summed E-state index contributed by atoms with van der Waals surface area (Å²) < 4.78 is 14.6. The predicted octanol–water partition coefficient (Wildman–Crippen LogP) is 6.61. The van der Waals surface area contributed by atoms with Crippen molar-refractivity contribution in [3.63, 3.8) is 0 Å². The van der Waals surface area contributed by atoms with Crippen molar-refractivity contribution in [2.45, 2.75) is 58.0 Å². The number of aromatic nitrogens is 1. The van der Waals surface area contributed by atoms with Crippen molar-refractivity contribution in [1.82, 2.24) is 10.3 Å². The molecule has 27 heavy (non-hydrogen) atoms. The molecular formula is C23H26ClFN2. The Morgan fingerprint density at radius 2 is 2.04 bits per heavy atom. The normalized spacial score (nSPS) is 16.6. The summed E-state index contributed by atoms with van der Waals surface area (Å²) in [6.07, 6.45) is 7.22. The van der Waals surface area contributed by atoms with Gasteiger partial charge >= 0.3 is 0 Å². The fraction of sp³-hybridized carbons (Fsp3) is 0.391. The highest BCUT2D eigenvalue weighted by Crippen LogP contribution is 2.37. The van der Waals surface area contributed by atoms with Gasteiger partial charge in [0, 0.05) is 35.1 Å². The van der Waals surface area contributed by atoms with Crippen molar-refractivity contribution in [1.29, 1.82) is 0 Å². The molecule has 4 heteroatoms. The summed E-state index contributed by atoms with van der Waals surface area (Å²) in [5.74, 6) is -0.190. The lowest BCUT2D eigenvalue weighted by molar-refractivity contribution is 0.430. The Balaban J connectivity index is 1.68. The fourth-order valence-electron chi connectivity index (χ4n) is 4.24. The standard InChI is InChI=1S/C23H26ClFN2/c1-2-3-4-5-9-17-13-21-19(14-26-17)22-18(10-11-20(25)23(22)27-21)15-7-6-8-16(24)12-15/h6-8,10-12,17,26-27H,2-5,9,13-14H2,1H3. The van der Waals surface area contributed by atoms with Crippen molar-refractivity contribution in [2.24, 2.45) is 0 Å². The van der Waals surface area contributed by atoms with Crippen LogP contribution in [0.2, 0.25) is 5.02 Å². The van der Waals surface area contributed by atoms with E-state index in [4.69, 9.17) is 11.6 Å². The van der Waals surface area contributed by atoms with Gasteiger partial charge in [-0.05, 0) is 41.3 Å². The van der Waals surface area contributed by atoms with Gasteiger partial charge in [-0.2, -0.15) is 0 Å². The van der Waals surface area contributed by atoms with E-state index in [9.17, 15) is 4.39 Å². The van der Waals surface area contributed by atoms with Gasteiger partial charge in [-0.3, -0.25) is 0 Å². The molecule has 0 saturated heterocycles. The van der Waals surface area contributed by atoms with E-state index in [1.807, 2.05) is 30.3 Å². The van der Waals surface area contributed by atoms with Crippen LogP contribution in [0.5, 0.6) is 0 Å². The molecule has 2 nitrogen and oxygen atoms in total. The molecule has 1 atom stereocenters. The SMILES string of the molecule is CCCCCCC1Cc2[nH]c3c(F)ccc(-c4cccc(Cl)c4)c3c2CN1. The van der Waals surface area contributed by atoms with Crippen LogP contribution in [0.25, 0.3) is 22.0 Å². The first-order chi connectivity index (χ1) is 13.2. The molecule has 0 aliphatic carbocycles. The lowest BCUT2D eigenvalue weighted by Gasteiger charge is -2.24. The number of benzene rings is 2. The zero-order valence-corrected chi connectivity index (χ0v) is 16.5. The first-order valence-corrected chi connectivity index (χ1v) is 10.4. The van der Waals surface area contributed by atoms with Crippen LogP contribution in [0.1, 0.15) is 50.3 Å². The highest BCUT2D eigenvalue weighted by Gasteiger charge is 2.24. The maximum Gasteiger partial charge on any atom is 0.147 e. The lowest BCUT2D eigenvalue weighted by Crippen LogP contribution is -2.35. The topological polar surface area (TPSA) is 27.8 Å². The average Bonchev–Trinajstić information content (AvgIpc) is 3.05. The van der Waals surface area contributed by atoms with Crippen LogP contribution < -0.4 is 5.32 Å². The molecule has 2 aromatic carbocycles. The minimum atomic E-state index is -0.190. The Bertz CT molecular complexity index is 947. The first kappa shape index (κ1) is 18.5. The molecule has 2 N–H and O–H groups in total. The van der Waals surface area contributed by atoms with Crippen LogP contribution in [-0.4, -0.2) is 11.0 Å². The van der Waals surface area contributed by atoms with E-state index in [2.05, 4.69) is 17.2 Å². The molecule has 0 saturated carbocycles. The van der Waals surface area contributed by atoms with Gasteiger partial charge in [0.2, 0.25) is 0 Å². The Morgan fingerprint density at radius 3 is 2.85 bits per heavy atom. The zero-order valence-electron chi connectivity index (χ0n) is 15.7. The number of fused-ring (bicyclic) bond motifs is 3. The first-order valence-electron chi connectivity index (χ1n) is 9.98. The highest BCUT2D eigenvalue weighted by atomic mass is 35.5. The van der Waals surface area contributed by atoms with Crippen molar-refractivity contribution in [3.8, 4) is 11.1 Å². The van der Waals surface area contributed by atoms with Gasteiger partial charge in [0.05, 0.1) is 5.52 Å². The van der Waals surface area contributed by atoms with Gasteiger partial charge in [-0.15, -0.1) is 0 Å². The lowest BCUT2D eigenvalue weighted by atomic mass is 9.93. The van der Waals surface area contributed by atoms with Crippen LogP contribution >= 0.6 is 11.6 Å². The summed E-state index contributed by atoms with van der Waals surface area (Å²) in [5.41, 5.74) is 5.05. The van der Waals surface area contributed by atoms with E-state index in [-0.39, 0.29) is 5.82 Å². The molecule has 1 aromatic heterocycles. The molecule has 0 radical (unpaired) electrons. The summed E-state index contributed by atoms with van der Waals surface area (Å²) in [4.78, 5) is 3.39. The second kappa shape index (κ2) is 8.04. The molecule has 0 amide bonds. The number of rotatable bonds is 6. The van der Waals surface area contributed by atoms with E-state index >= 15 is 0 Å². The minimum absolute atomic E-state index is 0.190. The zero-order chi connectivity index (χ0) is 18.8. The second-order valence-electron chi connectivity index (χ2n) is 7.57. The van der Waals surface area contributed by atoms with E-state index in [1.54, 1.807) is 6.07 Å². The van der Waals surface area contributed by atoms with Gasteiger partial charge < -0.3 is 10.3 Å². The summed E-state index contributed by atoms with van der Waals surface area (Å²) in [6, 6.07) is 11.7. The summed E-state index contributed by atoms with van der Waals surface area (Å²) in [7, 11) is 0. The second-order valence-corrected chi connectivity index (χ2v) is 8.01. The van der Waals surface area contributed by atoms with E-state index in [0.717, 1.165) is 29.5 Å². The molecular weight excluding hydrogens is 359 g/mol. The van der Waals surface area contributed by atoms with E-state index in [1.165, 1.54) is 43.4 Å². The molecule has 4 rings (SSSR count). The largest absolute Gasteiger partial charge is 0.356 e. The molecule has 1 unspecified atom stereocenters. The van der Waals surface area contributed by atoms with E-state index < -0.39 is 0 Å². The number of H-pyrrole nitrogens is 1. The third-order valence-electron chi connectivity index (χ3n) is 5.66. The van der Waals surface area contributed by atoms with E-state index in [0.29, 0.717) is 16.6 Å². The summed E-state index contributed by atoms with van der Waals surface area (Å²) in [6.45, 7) is 3.02. The average molecular weight is 385 g/mol. The third-order valence-corrected chi connectivity index (χ3v) is 5.89. The van der Waals surface area contributed by atoms with Crippen molar-refractivity contribution < 1.29 is 4.39 Å². The monoisotopic (exact) mass is 384 g/mol. The highest BCUT2D eigenvalue weighted by molar-refractivity contribution is 6.30. The minimum Gasteiger partial charge on any atom is -0.356 e. The number of aromatic amines is 1. The van der Waals surface area contributed by atoms with Crippen molar-refractivity contribution >= 4 is 22.5 Å². The smallest absolute Gasteiger partial charge is 0.147 e. The number of hydrogen-bond acceptors (Lipinski definition) is 1. The van der Waals surface area contributed by atoms with Gasteiger partial charge in [0.25, 0.3) is 0 Å².